The van der Waals surface area contributed by atoms with Gasteiger partial charge in [-0.25, -0.2) is 0 Å². The Morgan fingerprint density at radius 3 is 2.50 bits per heavy atom. The van der Waals surface area contributed by atoms with Gasteiger partial charge in [-0.1, -0.05) is 6.92 Å². The van der Waals surface area contributed by atoms with E-state index in [0.29, 0.717) is 13.1 Å². The molecule has 0 aromatic rings. The average Bonchev–Trinajstić information content (AvgIpc) is 2.22. The molecule has 0 aromatic carbocycles. The number of aliphatic hydroxyl groups is 1. The number of hydrogen-bond donors (Lipinski definition) is 3. The van der Waals surface area contributed by atoms with E-state index in [1.807, 2.05) is 27.7 Å². The summed E-state index contributed by atoms with van der Waals surface area (Å²) in [6.07, 6.45) is 0.167. The highest BCUT2D eigenvalue weighted by Gasteiger charge is 2.15. The van der Waals surface area contributed by atoms with Crippen LogP contribution in [0.15, 0.2) is 0 Å². The van der Waals surface area contributed by atoms with E-state index < -0.39 is 16.9 Å². The summed E-state index contributed by atoms with van der Waals surface area (Å²) in [5.41, 5.74) is -0.0824. The van der Waals surface area contributed by atoms with Crippen LogP contribution in [0.25, 0.3) is 0 Å². The number of carbonyl (C=O) groups excluding carboxylic acids is 1. The average molecular weight is 278 g/mol. The maximum atomic E-state index is 11.6. The molecule has 0 rings (SSSR count). The lowest BCUT2D eigenvalue weighted by atomic mass is 10.1. The predicted octanol–water partition coefficient (Wildman–Crippen LogP) is 0.0103. The first-order valence-electron chi connectivity index (χ1n) is 6.29. The van der Waals surface area contributed by atoms with Gasteiger partial charge in [0, 0.05) is 29.4 Å². The summed E-state index contributed by atoms with van der Waals surface area (Å²) >= 11 is 0. The largest absolute Gasteiger partial charge is 0.391 e. The summed E-state index contributed by atoms with van der Waals surface area (Å²) in [5.74, 6) is -0.124. The molecule has 0 aliphatic heterocycles. The standard InChI is InChI=1S/C12H26N2O3S/c1-5-6-13-11(16)9-18(17)8-10(15)7-14-12(2,3)4/h10,14-15H,5-9H2,1-4H3,(H,13,16). The Morgan fingerprint density at radius 2 is 2.00 bits per heavy atom. The highest BCUT2D eigenvalue weighted by Crippen LogP contribution is 1.99. The highest BCUT2D eigenvalue weighted by atomic mass is 32.2. The zero-order valence-electron chi connectivity index (χ0n) is 11.8. The number of β-amino-alcohol motifs (C(OH)–C–C–N with tert-alkyl or cyclic N) is 1. The van der Waals surface area contributed by atoms with Crippen LogP contribution in [0.2, 0.25) is 0 Å². The Balaban J connectivity index is 3.83. The van der Waals surface area contributed by atoms with Crippen LogP contribution >= 0.6 is 0 Å². The quantitative estimate of drug-likeness (QED) is 0.584. The summed E-state index contributed by atoms with van der Waals surface area (Å²) in [7, 11) is -1.31. The molecule has 108 valence electrons. The van der Waals surface area contributed by atoms with Crippen molar-refractivity contribution in [1.82, 2.24) is 10.6 Å². The van der Waals surface area contributed by atoms with E-state index in [1.54, 1.807) is 0 Å². The molecule has 0 aliphatic carbocycles. The van der Waals surface area contributed by atoms with E-state index in [9.17, 15) is 14.1 Å². The van der Waals surface area contributed by atoms with Gasteiger partial charge in [0.2, 0.25) is 5.91 Å². The second-order valence-electron chi connectivity index (χ2n) is 5.39. The molecular formula is C12H26N2O3S. The van der Waals surface area contributed by atoms with Gasteiger partial charge in [-0.2, -0.15) is 0 Å². The molecule has 0 spiro atoms. The first-order chi connectivity index (χ1) is 8.24. The van der Waals surface area contributed by atoms with E-state index >= 15 is 0 Å². The lowest BCUT2D eigenvalue weighted by Crippen LogP contribution is -2.42. The van der Waals surface area contributed by atoms with Crippen LogP contribution < -0.4 is 10.6 Å². The van der Waals surface area contributed by atoms with Crippen molar-refractivity contribution < 1.29 is 14.1 Å². The van der Waals surface area contributed by atoms with Crippen molar-refractivity contribution in [1.29, 1.82) is 0 Å². The van der Waals surface area contributed by atoms with Crippen LogP contribution in [0.3, 0.4) is 0 Å². The number of amides is 1. The van der Waals surface area contributed by atoms with Crippen molar-refractivity contribution in [2.24, 2.45) is 0 Å². The van der Waals surface area contributed by atoms with Gasteiger partial charge < -0.3 is 15.7 Å². The number of hydrogen-bond acceptors (Lipinski definition) is 4. The van der Waals surface area contributed by atoms with Crippen molar-refractivity contribution in [3.63, 3.8) is 0 Å². The first kappa shape index (κ1) is 17.5. The van der Waals surface area contributed by atoms with Gasteiger partial charge in [-0.3, -0.25) is 9.00 Å². The molecule has 5 nitrogen and oxygen atoms in total. The zero-order chi connectivity index (χ0) is 14.2. The van der Waals surface area contributed by atoms with Gasteiger partial charge in [0.25, 0.3) is 0 Å². The monoisotopic (exact) mass is 278 g/mol. The van der Waals surface area contributed by atoms with Crippen LogP contribution in [0.1, 0.15) is 34.1 Å². The second-order valence-corrected chi connectivity index (χ2v) is 6.89. The minimum absolute atomic E-state index is 0.0351. The van der Waals surface area contributed by atoms with Gasteiger partial charge in [-0.05, 0) is 27.2 Å². The van der Waals surface area contributed by atoms with Gasteiger partial charge in [0.1, 0.15) is 5.75 Å². The van der Waals surface area contributed by atoms with E-state index in [4.69, 9.17) is 0 Å². The number of rotatable bonds is 8. The third-order valence-corrected chi connectivity index (χ3v) is 3.45. The SMILES string of the molecule is CCCNC(=O)CS(=O)CC(O)CNC(C)(C)C. The smallest absolute Gasteiger partial charge is 0.232 e. The topological polar surface area (TPSA) is 78.4 Å². The lowest BCUT2D eigenvalue weighted by Gasteiger charge is -2.22. The van der Waals surface area contributed by atoms with Crippen molar-refractivity contribution >= 4 is 16.7 Å². The predicted molar refractivity (Wildman–Crippen MR) is 74.9 cm³/mol. The van der Waals surface area contributed by atoms with Crippen molar-refractivity contribution in [2.75, 3.05) is 24.6 Å². The minimum atomic E-state index is -1.31. The fraction of sp³-hybridized carbons (Fsp3) is 0.917. The Morgan fingerprint density at radius 1 is 1.39 bits per heavy atom. The Bertz CT molecular complexity index is 277. The van der Waals surface area contributed by atoms with Gasteiger partial charge in [0.15, 0.2) is 0 Å². The van der Waals surface area contributed by atoms with E-state index in [0.717, 1.165) is 6.42 Å². The number of aliphatic hydroxyl groups excluding tert-OH is 1. The summed E-state index contributed by atoms with van der Waals surface area (Å²) < 4.78 is 11.6. The summed E-state index contributed by atoms with van der Waals surface area (Å²) in [5, 5.41) is 15.5. The third-order valence-electron chi connectivity index (χ3n) is 2.11. The first-order valence-corrected chi connectivity index (χ1v) is 7.78. The Kier molecular flexibility index (Phi) is 8.39. The molecule has 0 aliphatic rings. The van der Waals surface area contributed by atoms with Crippen molar-refractivity contribution in [3.05, 3.63) is 0 Å². The van der Waals surface area contributed by atoms with Gasteiger partial charge in [-0.15, -0.1) is 0 Å². The lowest BCUT2D eigenvalue weighted by molar-refractivity contribution is -0.118. The highest BCUT2D eigenvalue weighted by molar-refractivity contribution is 7.85. The number of carbonyl (C=O) groups is 1. The molecule has 0 aromatic heterocycles. The van der Waals surface area contributed by atoms with E-state index in [2.05, 4.69) is 10.6 Å². The maximum Gasteiger partial charge on any atom is 0.232 e. The molecule has 0 bridgehead atoms. The van der Waals surface area contributed by atoms with Crippen LogP contribution in [-0.2, 0) is 15.6 Å². The molecule has 0 heterocycles. The van der Waals surface area contributed by atoms with Crippen LogP contribution in [0.4, 0.5) is 0 Å². The molecule has 0 radical (unpaired) electrons. The van der Waals surface area contributed by atoms with Crippen molar-refractivity contribution in [3.8, 4) is 0 Å². The fourth-order valence-electron chi connectivity index (χ4n) is 1.22. The summed E-state index contributed by atoms with van der Waals surface area (Å²) in [4.78, 5) is 11.3. The molecule has 6 heteroatoms. The molecule has 18 heavy (non-hydrogen) atoms. The number of nitrogens with one attached hydrogen (secondary N) is 2. The maximum absolute atomic E-state index is 11.6. The van der Waals surface area contributed by atoms with Crippen LogP contribution in [-0.4, -0.2) is 51.5 Å². The van der Waals surface area contributed by atoms with Crippen LogP contribution in [0.5, 0.6) is 0 Å². The molecular weight excluding hydrogens is 252 g/mol. The molecule has 0 fully saturated rings. The Hall–Kier alpha value is -0.460. The fourth-order valence-corrected chi connectivity index (χ4v) is 2.28. The minimum Gasteiger partial charge on any atom is -0.391 e. The molecule has 2 atom stereocenters. The molecule has 1 amide bonds. The van der Waals surface area contributed by atoms with Crippen molar-refractivity contribution in [2.45, 2.75) is 45.8 Å². The zero-order valence-corrected chi connectivity index (χ0v) is 12.6. The van der Waals surface area contributed by atoms with E-state index in [1.165, 1.54) is 0 Å². The third kappa shape index (κ3) is 10.7. The van der Waals surface area contributed by atoms with Crippen LogP contribution in [0, 0.1) is 0 Å². The second kappa shape index (κ2) is 8.61. The molecule has 0 saturated carbocycles. The molecule has 0 saturated heterocycles. The molecule has 3 N–H and O–H groups in total. The van der Waals surface area contributed by atoms with E-state index in [-0.39, 0.29) is 23.0 Å². The van der Waals surface area contributed by atoms with Gasteiger partial charge in [0.05, 0.1) is 11.9 Å². The molecule has 2 unspecified atom stereocenters. The summed E-state index contributed by atoms with van der Waals surface area (Å²) in [6.45, 7) is 8.92. The summed E-state index contributed by atoms with van der Waals surface area (Å²) in [6, 6.07) is 0. The Labute approximate surface area is 112 Å². The van der Waals surface area contributed by atoms with Gasteiger partial charge >= 0.3 is 0 Å². The normalized spacial score (nSPS) is 15.2.